The molecule has 3 rings (SSSR count). The monoisotopic (exact) mass is 333 g/mol. The number of aromatic nitrogens is 1. The van der Waals surface area contributed by atoms with Crippen LogP contribution < -0.4 is 0 Å². The molecule has 0 aliphatic heterocycles. The van der Waals surface area contributed by atoms with Crippen molar-refractivity contribution in [2.45, 2.75) is 0 Å². The summed E-state index contributed by atoms with van der Waals surface area (Å²) in [7, 11) is 0. The lowest BCUT2D eigenvalue weighted by atomic mass is 10.1. The molecule has 0 aliphatic rings. The highest BCUT2D eigenvalue weighted by Gasteiger charge is 2.09. The molecular formula is C18H11N3O2S. The van der Waals surface area contributed by atoms with Crippen LogP contribution in [0.1, 0.15) is 10.6 Å². The zero-order valence-electron chi connectivity index (χ0n) is 12.4. The summed E-state index contributed by atoms with van der Waals surface area (Å²) in [6.07, 6.45) is 4.87. The summed E-state index contributed by atoms with van der Waals surface area (Å²) in [5.74, 6) is 0. The van der Waals surface area contributed by atoms with Crippen LogP contribution in [0.5, 0.6) is 0 Å². The summed E-state index contributed by atoms with van der Waals surface area (Å²) in [6, 6.07) is 16.3. The summed E-state index contributed by atoms with van der Waals surface area (Å²) >= 11 is 1.44. The molecule has 0 amide bonds. The topological polar surface area (TPSA) is 79.8 Å². The van der Waals surface area contributed by atoms with Crippen LogP contribution in [-0.2, 0) is 0 Å². The molecule has 0 atom stereocenters. The third-order valence-corrected chi connectivity index (χ3v) is 4.39. The Morgan fingerprint density at radius 2 is 1.96 bits per heavy atom. The summed E-state index contributed by atoms with van der Waals surface area (Å²) < 4.78 is 1.01. The van der Waals surface area contributed by atoms with Gasteiger partial charge in [-0.25, -0.2) is 4.98 Å². The maximum Gasteiger partial charge on any atom is 0.276 e. The van der Waals surface area contributed by atoms with Crippen molar-refractivity contribution in [1.82, 2.24) is 4.98 Å². The van der Waals surface area contributed by atoms with Gasteiger partial charge in [-0.05, 0) is 30.4 Å². The highest BCUT2D eigenvalue weighted by Crippen LogP contribution is 2.27. The zero-order chi connectivity index (χ0) is 16.9. The molecule has 0 bridgehead atoms. The Morgan fingerprint density at radius 3 is 2.71 bits per heavy atom. The number of hydrogen-bond donors (Lipinski definition) is 0. The molecule has 0 N–H and O–H groups in total. The lowest BCUT2D eigenvalue weighted by Gasteiger charge is -1.95. The number of rotatable bonds is 4. The van der Waals surface area contributed by atoms with Gasteiger partial charge in [-0.2, -0.15) is 5.26 Å². The number of allylic oxidation sites excluding steroid dienone is 3. The maximum absolute atomic E-state index is 11.0. The van der Waals surface area contributed by atoms with Crippen LogP contribution in [-0.4, -0.2) is 9.91 Å². The molecule has 6 heteroatoms. The average molecular weight is 333 g/mol. The van der Waals surface area contributed by atoms with E-state index in [0.717, 1.165) is 10.2 Å². The van der Waals surface area contributed by atoms with Crippen LogP contribution in [0.2, 0.25) is 0 Å². The maximum atomic E-state index is 11.0. The van der Waals surface area contributed by atoms with Gasteiger partial charge in [-0.3, -0.25) is 10.1 Å². The van der Waals surface area contributed by atoms with Crippen molar-refractivity contribution in [3.8, 4) is 6.07 Å². The minimum absolute atomic E-state index is 0.0284. The molecular weight excluding hydrogens is 322 g/mol. The van der Waals surface area contributed by atoms with E-state index < -0.39 is 4.92 Å². The molecule has 1 heterocycles. The average Bonchev–Trinajstić information content (AvgIpc) is 3.02. The van der Waals surface area contributed by atoms with E-state index in [1.165, 1.54) is 17.4 Å². The molecule has 5 nitrogen and oxygen atoms in total. The smallest absolute Gasteiger partial charge is 0.258 e. The van der Waals surface area contributed by atoms with Gasteiger partial charge in [0.05, 0.1) is 26.3 Å². The fourth-order valence-corrected chi connectivity index (χ4v) is 3.13. The number of para-hydroxylation sites is 2. The van der Waals surface area contributed by atoms with Crippen molar-refractivity contribution in [3.63, 3.8) is 0 Å². The highest BCUT2D eigenvalue weighted by atomic mass is 32.1. The summed E-state index contributed by atoms with van der Waals surface area (Å²) in [5.41, 5.74) is 1.79. The van der Waals surface area contributed by atoms with Gasteiger partial charge in [-0.15, -0.1) is 11.3 Å². The SMILES string of the molecule is N#C/C(=C\C=C/c1ccccc1[N+](=O)[O-])c1nc2ccccc2s1. The van der Waals surface area contributed by atoms with Gasteiger partial charge >= 0.3 is 0 Å². The normalized spacial score (nSPS) is 11.7. The second-order valence-electron chi connectivity index (χ2n) is 4.85. The minimum atomic E-state index is -0.428. The molecule has 0 saturated carbocycles. The molecule has 2 aromatic carbocycles. The standard InChI is InChI=1S/C18H11N3O2S/c19-12-14(18-20-15-9-2-4-11-17(15)24-18)8-5-7-13-6-1-3-10-16(13)21(22)23/h1-11H/b7-5-,14-8+. The molecule has 0 saturated heterocycles. The Balaban J connectivity index is 1.92. The Hall–Kier alpha value is -3.30. The van der Waals surface area contributed by atoms with Crippen LogP contribution in [0.25, 0.3) is 21.9 Å². The number of thiazole rings is 1. The number of nitro groups is 1. The van der Waals surface area contributed by atoms with Crippen LogP contribution in [0.4, 0.5) is 5.69 Å². The van der Waals surface area contributed by atoms with Crippen molar-refractivity contribution in [2.75, 3.05) is 0 Å². The zero-order valence-corrected chi connectivity index (χ0v) is 13.2. The third-order valence-electron chi connectivity index (χ3n) is 3.32. The van der Waals surface area contributed by atoms with E-state index in [-0.39, 0.29) is 5.69 Å². The highest BCUT2D eigenvalue weighted by molar-refractivity contribution is 7.19. The number of nitrogens with zero attached hydrogens (tertiary/aromatic N) is 3. The lowest BCUT2D eigenvalue weighted by molar-refractivity contribution is -0.385. The van der Waals surface area contributed by atoms with Crippen molar-refractivity contribution in [3.05, 3.63) is 81.4 Å². The second-order valence-corrected chi connectivity index (χ2v) is 5.88. The van der Waals surface area contributed by atoms with E-state index in [4.69, 9.17) is 0 Å². The van der Waals surface area contributed by atoms with E-state index >= 15 is 0 Å². The molecule has 0 aliphatic carbocycles. The van der Waals surface area contributed by atoms with Crippen molar-refractivity contribution < 1.29 is 4.92 Å². The van der Waals surface area contributed by atoms with Crippen molar-refractivity contribution >= 4 is 38.9 Å². The Kier molecular flexibility index (Phi) is 4.45. The van der Waals surface area contributed by atoms with E-state index in [0.29, 0.717) is 16.1 Å². The Labute approximate surface area is 142 Å². The Morgan fingerprint density at radius 1 is 1.21 bits per heavy atom. The fraction of sp³-hybridized carbons (Fsp3) is 0. The van der Waals surface area contributed by atoms with Gasteiger partial charge in [0, 0.05) is 6.07 Å². The van der Waals surface area contributed by atoms with Gasteiger partial charge in [0.25, 0.3) is 5.69 Å². The van der Waals surface area contributed by atoms with Gasteiger partial charge in [-0.1, -0.05) is 30.3 Å². The predicted octanol–water partition coefficient (Wildman–Crippen LogP) is 4.82. The molecule has 24 heavy (non-hydrogen) atoms. The summed E-state index contributed by atoms with van der Waals surface area (Å²) in [6.45, 7) is 0. The van der Waals surface area contributed by atoms with Crippen LogP contribution in [0, 0.1) is 21.4 Å². The molecule has 0 spiro atoms. The predicted molar refractivity (Wildman–Crippen MR) is 95.3 cm³/mol. The van der Waals surface area contributed by atoms with Crippen molar-refractivity contribution in [1.29, 1.82) is 5.26 Å². The number of nitriles is 1. The van der Waals surface area contributed by atoms with E-state index in [1.807, 2.05) is 24.3 Å². The molecule has 0 radical (unpaired) electrons. The first-order chi connectivity index (χ1) is 11.7. The fourth-order valence-electron chi connectivity index (χ4n) is 2.19. The molecule has 1 aromatic heterocycles. The van der Waals surface area contributed by atoms with E-state index in [1.54, 1.807) is 36.4 Å². The quantitative estimate of drug-likeness (QED) is 0.296. The lowest BCUT2D eigenvalue weighted by Crippen LogP contribution is -1.90. The number of hydrogen-bond acceptors (Lipinski definition) is 5. The van der Waals surface area contributed by atoms with Gasteiger partial charge in [0.15, 0.2) is 0 Å². The first-order valence-corrected chi connectivity index (χ1v) is 7.88. The number of benzene rings is 2. The van der Waals surface area contributed by atoms with Gasteiger partial charge in [0.1, 0.15) is 11.1 Å². The van der Waals surface area contributed by atoms with E-state index in [2.05, 4.69) is 11.1 Å². The van der Waals surface area contributed by atoms with E-state index in [9.17, 15) is 15.4 Å². The van der Waals surface area contributed by atoms with Gasteiger partial charge < -0.3 is 0 Å². The number of nitro benzene ring substituents is 1. The second kappa shape index (κ2) is 6.86. The molecule has 116 valence electrons. The third kappa shape index (κ3) is 3.21. The van der Waals surface area contributed by atoms with Gasteiger partial charge in [0.2, 0.25) is 0 Å². The van der Waals surface area contributed by atoms with Crippen molar-refractivity contribution in [2.24, 2.45) is 0 Å². The molecule has 0 fully saturated rings. The van der Waals surface area contributed by atoms with Crippen LogP contribution in [0.3, 0.4) is 0 Å². The van der Waals surface area contributed by atoms with Crippen LogP contribution in [0.15, 0.2) is 60.7 Å². The first-order valence-electron chi connectivity index (χ1n) is 7.07. The molecule has 3 aromatic rings. The first kappa shape index (κ1) is 15.6. The largest absolute Gasteiger partial charge is 0.276 e. The minimum Gasteiger partial charge on any atom is -0.258 e. The Bertz CT molecular complexity index is 979. The summed E-state index contributed by atoms with van der Waals surface area (Å²) in [5, 5.41) is 21.0. The van der Waals surface area contributed by atoms with Crippen LogP contribution >= 0.6 is 11.3 Å². The molecule has 0 unspecified atom stereocenters. The number of fused-ring (bicyclic) bond motifs is 1. The summed E-state index contributed by atoms with van der Waals surface area (Å²) in [4.78, 5) is 15.0.